The van der Waals surface area contributed by atoms with Crippen molar-refractivity contribution >= 4 is 23.6 Å². The van der Waals surface area contributed by atoms with Crippen molar-refractivity contribution in [1.29, 1.82) is 0 Å². The molecule has 0 aliphatic heterocycles. The highest BCUT2D eigenvalue weighted by atomic mass is 35.5. The maximum Gasteiger partial charge on any atom is 0.246 e. The van der Waals surface area contributed by atoms with Crippen LogP contribution >= 0.6 is 11.6 Å². The molecule has 144 valence electrons. The third kappa shape index (κ3) is 6.53. The summed E-state index contributed by atoms with van der Waals surface area (Å²) in [6, 6.07) is 12.7. The van der Waals surface area contributed by atoms with E-state index in [1.165, 1.54) is 6.08 Å². The van der Waals surface area contributed by atoms with Crippen molar-refractivity contribution in [3.63, 3.8) is 0 Å². The zero-order chi connectivity index (χ0) is 19.6. The minimum absolute atomic E-state index is 0.109. The molecule has 0 aromatic heterocycles. The highest BCUT2D eigenvalue weighted by Gasteiger charge is 2.07. The molecular weight excluding hydrogens is 366 g/mol. The predicted octanol–water partition coefficient (Wildman–Crippen LogP) is 4.30. The Bertz CT molecular complexity index is 774. The summed E-state index contributed by atoms with van der Waals surface area (Å²) in [5.41, 5.74) is 0.856. The van der Waals surface area contributed by atoms with Gasteiger partial charge in [0.05, 0.1) is 20.3 Å². The quantitative estimate of drug-likeness (QED) is 0.600. The third-order valence-corrected chi connectivity index (χ3v) is 4.04. The van der Waals surface area contributed by atoms with E-state index in [0.717, 1.165) is 11.3 Å². The molecule has 27 heavy (non-hydrogen) atoms. The van der Waals surface area contributed by atoms with Crippen molar-refractivity contribution in [2.24, 2.45) is 0 Å². The second kappa shape index (κ2) is 10.5. The van der Waals surface area contributed by atoms with E-state index in [0.29, 0.717) is 36.3 Å². The van der Waals surface area contributed by atoms with Gasteiger partial charge in [-0.25, -0.2) is 0 Å². The fraction of sp³-hybridized carbons (Fsp3) is 0.286. The van der Waals surface area contributed by atoms with E-state index in [4.69, 9.17) is 25.8 Å². The molecule has 0 atom stereocenters. The molecule has 2 aromatic carbocycles. The first kappa shape index (κ1) is 20.6. The Morgan fingerprint density at radius 2 is 1.85 bits per heavy atom. The lowest BCUT2D eigenvalue weighted by atomic mass is 10.2. The molecule has 6 heteroatoms. The highest BCUT2D eigenvalue weighted by Crippen LogP contribution is 2.28. The molecule has 1 amide bonds. The summed E-state index contributed by atoms with van der Waals surface area (Å²) in [5.74, 6) is 1.93. The summed E-state index contributed by atoms with van der Waals surface area (Å²) >= 11 is 5.84. The van der Waals surface area contributed by atoms with Gasteiger partial charge in [0.15, 0.2) is 11.5 Å². The molecule has 5 nitrogen and oxygen atoms in total. The zero-order valence-corrected chi connectivity index (χ0v) is 16.5. The monoisotopic (exact) mass is 389 g/mol. The Morgan fingerprint density at radius 3 is 2.52 bits per heavy atom. The standard InChI is InChI=1S/C21H24ClNO4/c1-4-26-19-11-5-16(15-20(19)25-3)6-12-21(24)23(2)13-14-27-18-9-7-17(22)8-10-18/h5-12,15H,4,13-14H2,1-3H3. The lowest BCUT2D eigenvalue weighted by Gasteiger charge is -2.15. The lowest BCUT2D eigenvalue weighted by molar-refractivity contribution is -0.125. The molecular formula is C21H24ClNO4. The van der Waals surface area contributed by atoms with E-state index >= 15 is 0 Å². The number of rotatable bonds is 9. The topological polar surface area (TPSA) is 48.0 Å². The number of benzene rings is 2. The van der Waals surface area contributed by atoms with Crippen LogP contribution in [-0.4, -0.2) is 44.7 Å². The second-order valence-electron chi connectivity index (χ2n) is 5.74. The van der Waals surface area contributed by atoms with E-state index < -0.39 is 0 Å². The normalized spacial score (nSPS) is 10.7. The van der Waals surface area contributed by atoms with Gasteiger partial charge in [-0.3, -0.25) is 4.79 Å². The average molecular weight is 390 g/mol. The van der Waals surface area contributed by atoms with Gasteiger partial charge in [-0.15, -0.1) is 0 Å². The smallest absolute Gasteiger partial charge is 0.246 e. The number of carbonyl (C=O) groups is 1. The molecule has 0 saturated heterocycles. The minimum Gasteiger partial charge on any atom is -0.493 e. The van der Waals surface area contributed by atoms with Gasteiger partial charge in [-0.05, 0) is 55.0 Å². The van der Waals surface area contributed by atoms with Crippen LogP contribution in [0.2, 0.25) is 5.02 Å². The van der Waals surface area contributed by atoms with Crippen LogP contribution in [0.3, 0.4) is 0 Å². The first-order valence-corrected chi connectivity index (χ1v) is 9.03. The molecule has 0 aliphatic carbocycles. The number of carbonyl (C=O) groups excluding carboxylic acids is 1. The zero-order valence-electron chi connectivity index (χ0n) is 15.8. The Hall–Kier alpha value is -2.66. The largest absolute Gasteiger partial charge is 0.493 e. The summed E-state index contributed by atoms with van der Waals surface area (Å²) in [4.78, 5) is 13.8. The second-order valence-corrected chi connectivity index (χ2v) is 6.18. The summed E-state index contributed by atoms with van der Waals surface area (Å²) in [7, 11) is 3.32. The van der Waals surface area contributed by atoms with Crippen molar-refractivity contribution in [1.82, 2.24) is 4.90 Å². The van der Waals surface area contributed by atoms with E-state index in [-0.39, 0.29) is 5.91 Å². The highest BCUT2D eigenvalue weighted by molar-refractivity contribution is 6.30. The number of likely N-dealkylation sites (N-methyl/N-ethyl adjacent to an activating group) is 1. The molecule has 0 unspecified atom stereocenters. The van der Waals surface area contributed by atoms with Gasteiger partial charge in [-0.1, -0.05) is 17.7 Å². The summed E-state index contributed by atoms with van der Waals surface area (Å²) in [5, 5.41) is 0.658. The number of hydrogen-bond donors (Lipinski definition) is 0. The van der Waals surface area contributed by atoms with Crippen LogP contribution in [0.1, 0.15) is 12.5 Å². The van der Waals surface area contributed by atoms with Crippen LogP contribution in [0.4, 0.5) is 0 Å². The van der Waals surface area contributed by atoms with E-state index in [1.807, 2.05) is 25.1 Å². The van der Waals surface area contributed by atoms with Crippen molar-refractivity contribution in [2.75, 3.05) is 33.9 Å². The van der Waals surface area contributed by atoms with E-state index in [9.17, 15) is 4.79 Å². The van der Waals surface area contributed by atoms with Crippen molar-refractivity contribution < 1.29 is 19.0 Å². The Kier molecular flexibility index (Phi) is 8.01. The van der Waals surface area contributed by atoms with Crippen LogP contribution in [-0.2, 0) is 4.79 Å². The lowest BCUT2D eigenvalue weighted by Crippen LogP contribution is -2.29. The van der Waals surface area contributed by atoms with Gasteiger partial charge in [0.2, 0.25) is 5.91 Å². The van der Waals surface area contributed by atoms with Gasteiger partial charge in [0.25, 0.3) is 0 Å². The minimum atomic E-state index is -0.109. The molecule has 0 spiro atoms. The number of halogens is 1. The molecule has 2 aromatic rings. The Balaban J connectivity index is 1.86. The van der Waals surface area contributed by atoms with Crippen molar-refractivity contribution in [3.8, 4) is 17.2 Å². The van der Waals surface area contributed by atoms with Gasteiger partial charge >= 0.3 is 0 Å². The van der Waals surface area contributed by atoms with Gasteiger partial charge in [0, 0.05) is 18.1 Å². The molecule has 0 saturated carbocycles. The molecule has 0 bridgehead atoms. The number of ether oxygens (including phenoxy) is 3. The molecule has 2 rings (SSSR count). The molecule has 0 N–H and O–H groups in total. The van der Waals surface area contributed by atoms with Gasteiger partial charge < -0.3 is 19.1 Å². The summed E-state index contributed by atoms with van der Waals surface area (Å²) in [6.07, 6.45) is 3.27. The molecule has 0 fully saturated rings. The first-order chi connectivity index (χ1) is 13.0. The molecule has 0 radical (unpaired) electrons. The van der Waals surface area contributed by atoms with Gasteiger partial charge in [0.1, 0.15) is 12.4 Å². The SMILES string of the molecule is CCOc1ccc(C=CC(=O)N(C)CCOc2ccc(Cl)cc2)cc1OC. The van der Waals surface area contributed by atoms with Crippen LogP contribution in [0, 0.1) is 0 Å². The third-order valence-electron chi connectivity index (χ3n) is 3.79. The summed E-state index contributed by atoms with van der Waals surface area (Å²) < 4.78 is 16.4. The number of nitrogens with zero attached hydrogens (tertiary/aromatic N) is 1. The van der Waals surface area contributed by atoms with Crippen molar-refractivity contribution in [2.45, 2.75) is 6.92 Å². The fourth-order valence-corrected chi connectivity index (χ4v) is 2.42. The van der Waals surface area contributed by atoms with Crippen LogP contribution < -0.4 is 14.2 Å². The first-order valence-electron chi connectivity index (χ1n) is 8.66. The van der Waals surface area contributed by atoms with E-state index in [1.54, 1.807) is 49.4 Å². The fourth-order valence-electron chi connectivity index (χ4n) is 2.30. The maximum absolute atomic E-state index is 12.2. The average Bonchev–Trinajstić information content (AvgIpc) is 2.68. The van der Waals surface area contributed by atoms with Crippen LogP contribution in [0.5, 0.6) is 17.2 Å². The predicted molar refractivity (Wildman–Crippen MR) is 108 cm³/mol. The summed E-state index contributed by atoms with van der Waals surface area (Å²) in [6.45, 7) is 3.35. The number of methoxy groups -OCH3 is 1. The molecule has 0 aliphatic rings. The van der Waals surface area contributed by atoms with Gasteiger partial charge in [-0.2, -0.15) is 0 Å². The Morgan fingerprint density at radius 1 is 1.11 bits per heavy atom. The van der Waals surface area contributed by atoms with Crippen molar-refractivity contribution in [3.05, 3.63) is 59.1 Å². The van der Waals surface area contributed by atoms with Crippen LogP contribution in [0.15, 0.2) is 48.5 Å². The maximum atomic E-state index is 12.2. The molecule has 0 heterocycles. The van der Waals surface area contributed by atoms with E-state index in [2.05, 4.69) is 0 Å². The number of hydrogen-bond acceptors (Lipinski definition) is 4. The number of amides is 1. The van der Waals surface area contributed by atoms with Crippen LogP contribution in [0.25, 0.3) is 6.08 Å². The Labute approximate surface area is 165 Å².